The molecule has 0 unspecified atom stereocenters. The molecule has 6 atom stereocenters. The SMILES string of the molecule is [2H]C([2H])(CC)Sc1nc(N[C@H]2[C@H](c3ccc(C)c(F)c3)C2([2H])[2H])c2nnn([C@@H]3C[C@H](OCCO)[C@@H](O)[C@H]3O)c2n1. The Labute approximate surface area is 217 Å². The highest BCUT2D eigenvalue weighted by Crippen LogP contribution is 2.44. The summed E-state index contributed by atoms with van der Waals surface area (Å²) in [6, 6.07) is 3.04. The van der Waals surface area contributed by atoms with Crippen LogP contribution in [0.25, 0.3) is 11.2 Å². The first-order valence-corrected chi connectivity index (χ1v) is 12.6. The summed E-state index contributed by atoms with van der Waals surface area (Å²) in [6.07, 6.45) is -4.70. The van der Waals surface area contributed by atoms with Gasteiger partial charge in [0, 0.05) is 29.6 Å². The molecule has 2 aliphatic carbocycles. The van der Waals surface area contributed by atoms with E-state index in [-0.39, 0.29) is 48.2 Å². The van der Waals surface area contributed by atoms with E-state index in [9.17, 15) is 14.6 Å². The van der Waals surface area contributed by atoms with Crippen LogP contribution in [0, 0.1) is 12.7 Å². The van der Waals surface area contributed by atoms with Crippen molar-refractivity contribution < 1.29 is 29.9 Å². The first-order valence-electron chi connectivity index (χ1n) is 13.8. The van der Waals surface area contributed by atoms with Crippen molar-refractivity contribution in [2.24, 2.45) is 0 Å². The van der Waals surface area contributed by atoms with E-state index in [0.717, 1.165) is 11.8 Å². The summed E-state index contributed by atoms with van der Waals surface area (Å²) in [4.78, 5) is 8.92. The van der Waals surface area contributed by atoms with Crippen molar-refractivity contribution in [3.8, 4) is 0 Å². The number of aromatic nitrogens is 5. The molecule has 3 aromatic rings. The van der Waals surface area contributed by atoms with Gasteiger partial charge in [0.15, 0.2) is 22.1 Å². The number of rotatable bonds is 10. The van der Waals surface area contributed by atoms with Crippen molar-refractivity contribution in [2.75, 3.05) is 24.2 Å². The standard InChI is InChI=1S/C24H31FN6O4S/c1-3-8-36-24-27-22(26-16-10-14(16)13-5-4-12(2)15(25)9-13)19-23(28-24)31(30-29-19)17-11-18(35-7-6-32)21(34)20(17)33/h4-5,9,14,16-18,20-21,32-34H,3,6-8,10-11H2,1-2H3,(H,26,27,28)/t14-,16+,17+,18-,20-,21+/m0/s1/i8D2,10D2. The molecule has 0 amide bonds. The van der Waals surface area contributed by atoms with Crippen LogP contribution < -0.4 is 5.32 Å². The van der Waals surface area contributed by atoms with Gasteiger partial charge in [-0.25, -0.2) is 19.0 Å². The molecular formula is C24H31FN6O4S. The van der Waals surface area contributed by atoms with Crippen LogP contribution in [0.1, 0.15) is 54.7 Å². The lowest BCUT2D eigenvalue weighted by atomic mass is 10.1. The smallest absolute Gasteiger partial charge is 0.191 e. The van der Waals surface area contributed by atoms with Gasteiger partial charge in [-0.15, -0.1) is 5.10 Å². The Balaban J connectivity index is 1.51. The van der Waals surface area contributed by atoms with Crippen molar-refractivity contribution in [1.29, 1.82) is 0 Å². The number of nitrogens with zero attached hydrogens (tertiary/aromatic N) is 5. The summed E-state index contributed by atoms with van der Waals surface area (Å²) in [5.74, 6) is -0.974. The van der Waals surface area contributed by atoms with Gasteiger partial charge in [0.05, 0.1) is 25.4 Å². The van der Waals surface area contributed by atoms with E-state index >= 15 is 0 Å². The number of nitrogens with one attached hydrogen (secondary N) is 1. The molecule has 36 heavy (non-hydrogen) atoms. The van der Waals surface area contributed by atoms with E-state index in [1.54, 1.807) is 26.0 Å². The molecule has 194 valence electrons. The lowest BCUT2D eigenvalue weighted by molar-refractivity contribution is -0.0629. The highest BCUT2D eigenvalue weighted by atomic mass is 32.2. The second kappa shape index (κ2) is 10.5. The second-order valence-corrected chi connectivity index (χ2v) is 9.71. The van der Waals surface area contributed by atoms with Gasteiger partial charge in [-0.1, -0.05) is 36.0 Å². The monoisotopic (exact) mass is 522 g/mol. The highest BCUT2D eigenvalue weighted by molar-refractivity contribution is 7.99. The predicted octanol–water partition coefficient (Wildman–Crippen LogP) is 2.18. The van der Waals surface area contributed by atoms with Gasteiger partial charge in [0.1, 0.15) is 18.0 Å². The Bertz CT molecular complexity index is 1400. The van der Waals surface area contributed by atoms with Crippen molar-refractivity contribution in [3.63, 3.8) is 0 Å². The summed E-state index contributed by atoms with van der Waals surface area (Å²) in [5, 5.41) is 41.8. The molecule has 2 saturated carbocycles. The predicted molar refractivity (Wildman–Crippen MR) is 133 cm³/mol. The van der Waals surface area contributed by atoms with Crippen molar-refractivity contribution >= 4 is 28.7 Å². The third-order valence-electron chi connectivity index (χ3n) is 6.38. The fourth-order valence-electron chi connectivity index (χ4n) is 4.40. The maximum Gasteiger partial charge on any atom is 0.191 e. The number of aliphatic hydroxyl groups excluding tert-OH is 3. The van der Waals surface area contributed by atoms with Crippen LogP contribution in [0.15, 0.2) is 23.4 Å². The fraction of sp³-hybridized carbons (Fsp3) is 0.583. The highest BCUT2D eigenvalue weighted by Gasteiger charge is 2.45. The Hall–Kier alpha value is -2.38. The molecule has 0 spiro atoms. The van der Waals surface area contributed by atoms with E-state index in [1.807, 2.05) is 0 Å². The van der Waals surface area contributed by atoms with Crippen LogP contribution in [0.4, 0.5) is 10.2 Å². The van der Waals surface area contributed by atoms with Crippen molar-refractivity contribution in [3.05, 3.63) is 35.1 Å². The summed E-state index contributed by atoms with van der Waals surface area (Å²) in [7, 11) is 0. The van der Waals surface area contributed by atoms with Gasteiger partial charge in [-0.3, -0.25) is 0 Å². The van der Waals surface area contributed by atoms with E-state index in [0.29, 0.717) is 11.1 Å². The zero-order valence-corrected chi connectivity index (χ0v) is 20.6. The van der Waals surface area contributed by atoms with Gasteiger partial charge < -0.3 is 25.4 Å². The quantitative estimate of drug-likeness (QED) is 0.231. The lowest BCUT2D eigenvalue weighted by Crippen LogP contribution is -2.33. The Morgan fingerprint density at radius 2 is 2.17 bits per heavy atom. The van der Waals surface area contributed by atoms with Gasteiger partial charge in [0.2, 0.25) is 0 Å². The van der Waals surface area contributed by atoms with Gasteiger partial charge >= 0.3 is 0 Å². The molecule has 2 heterocycles. The van der Waals surface area contributed by atoms with E-state index in [2.05, 4.69) is 25.6 Å². The zero-order valence-electron chi connectivity index (χ0n) is 23.8. The first-order chi connectivity index (χ1) is 18.9. The minimum atomic E-state index is -1.73. The third-order valence-corrected chi connectivity index (χ3v) is 7.18. The first kappa shape index (κ1) is 20.7. The minimum Gasteiger partial charge on any atom is -0.394 e. The molecule has 1 aromatic carbocycles. The average molecular weight is 523 g/mol. The number of ether oxygens (including phenoxy) is 1. The molecule has 12 heteroatoms. The summed E-state index contributed by atoms with van der Waals surface area (Å²) >= 11 is 0.785. The lowest BCUT2D eigenvalue weighted by Gasteiger charge is -2.17. The third kappa shape index (κ3) is 4.92. The number of aryl methyl sites for hydroxylation is 1. The van der Waals surface area contributed by atoms with Crippen molar-refractivity contribution in [1.82, 2.24) is 25.0 Å². The fourth-order valence-corrected chi connectivity index (χ4v) is 4.94. The van der Waals surface area contributed by atoms with Crippen LogP contribution in [-0.4, -0.2) is 83.6 Å². The Morgan fingerprint density at radius 1 is 1.33 bits per heavy atom. The van der Waals surface area contributed by atoms with Crippen LogP contribution in [0.2, 0.25) is 0 Å². The van der Waals surface area contributed by atoms with Crippen LogP contribution >= 0.6 is 11.8 Å². The largest absolute Gasteiger partial charge is 0.394 e. The molecule has 10 nitrogen and oxygen atoms in total. The number of hydrogen-bond acceptors (Lipinski definition) is 10. The minimum absolute atomic E-state index is 0.0160. The van der Waals surface area contributed by atoms with Gasteiger partial charge in [-0.2, -0.15) is 0 Å². The molecule has 2 aromatic heterocycles. The maximum absolute atomic E-state index is 14.2. The molecule has 0 radical (unpaired) electrons. The van der Waals surface area contributed by atoms with Crippen LogP contribution in [-0.2, 0) is 4.74 Å². The zero-order chi connectivity index (χ0) is 29.0. The van der Waals surface area contributed by atoms with Crippen molar-refractivity contribution in [2.45, 2.75) is 74.5 Å². The number of fused-ring (bicyclic) bond motifs is 1. The Morgan fingerprint density at radius 3 is 2.92 bits per heavy atom. The second-order valence-electron chi connectivity index (χ2n) is 8.85. The number of halogens is 1. The summed E-state index contributed by atoms with van der Waals surface area (Å²) < 4.78 is 54.5. The maximum atomic E-state index is 14.2. The number of aliphatic hydroxyl groups is 3. The van der Waals surface area contributed by atoms with Crippen LogP contribution in [0.3, 0.4) is 0 Å². The molecular weight excluding hydrogens is 487 g/mol. The topological polar surface area (TPSA) is 138 Å². The molecule has 0 saturated heterocycles. The summed E-state index contributed by atoms with van der Waals surface area (Å²) in [6.45, 7) is 3.05. The number of thioether (sulfide) groups is 1. The van der Waals surface area contributed by atoms with E-state index < -0.39 is 54.2 Å². The molecule has 4 N–H and O–H groups in total. The molecule has 0 bridgehead atoms. The molecule has 5 rings (SSSR count). The number of hydrogen-bond donors (Lipinski definition) is 4. The summed E-state index contributed by atoms with van der Waals surface area (Å²) in [5.41, 5.74) is -0.428. The van der Waals surface area contributed by atoms with Gasteiger partial charge in [0.25, 0.3) is 0 Å². The average Bonchev–Trinajstić information content (AvgIpc) is 3.15. The number of benzene rings is 1. The number of anilines is 1. The normalized spacial score (nSPS) is 31.1. The van der Waals surface area contributed by atoms with E-state index in [4.69, 9.17) is 15.3 Å². The molecule has 2 fully saturated rings. The Kier molecular flexibility index (Phi) is 6.05. The van der Waals surface area contributed by atoms with E-state index in [1.165, 1.54) is 10.7 Å². The molecule has 0 aliphatic heterocycles. The molecule has 2 aliphatic rings. The van der Waals surface area contributed by atoms with Crippen LogP contribution in [0.5, 0.6) is 0 Å². The van der Waals surface area contributed by atoms with Gasteiger partial charge in [-0.05, 0) is 36.9 Å².